The predicted molar refractivity (Wildman–Crippen MR) is 157 cm³/mol. The monoisotopic (exact) mass is 574 g/mol. The van der Waals surface area contributed by atoms with Crippen molar-refractivity contribution in [2.75, 3.05) is 14.1 Å². The second-order valence-electron chi connectivity index (χ2n) is 10.0. The van der Waals surface area contributed by atoms with Gasteiger partial charge in [0.1, 0.15) is 4.83 Å². The van der Waals surface area contributed by atoms with Crippen molar-refractivity contribution in [1.29, 1.82) is 0 Å². The standard InChI is InChI=1S/C28H35ClN4O3S2/c1-5-21(24(34)30-20-9-7-6-8-10-20)37-28-31-25-22(17(2)23(38-25)27(36)32(3)4)26(35)33(28)16-15-18-11-13-19(29)14-12-18/h11-14,20-21H,5-10,15-16H2,1-4H3,(H,30,34). The zero-order valence-electron chi connectivity index (χ0n) is 22.4. The van der Waals surface area contributed by atoms with Crippen molar-refractivity contribution in [2.24, 2.45) is 0 Å². The Hall–Kier alpha value is -2.36. The van der Waals surface area contributed by atoms with E-state index in [0.29, 0.717) is 50.2 Å². The van der Waals surface area contributed by atoms with E-state index < -0.39 is 0 Å². The average Bonchev–Trinajstić information content (AvgIpc) is 3.23. The number of hydrogen-bond acceptors (Lipinski definition) is 6. The van der Waals surface area contributed by atoms with Crippen LogP contribution in [0.2, 0.25) is 5.02 Å². The second kappa shape index (κ2) is 12.7. The Balaban J connectivity index is 1.70. The molecule has 1 aliphatic rings. The van der Waals surface area contributed by atoms with E-state index in [0.717, 1.165) is 31.2 Å². The van der Waals surface area contributed by atoms with Crippen LogP contribution in [0.1, 0.15) is 66.2 Å². The largest absolute Gasteiger partial charge is 0.352 e. The molecule has 0 spiro atoms. The maximum atomic E-state index is 13.9. The topological polar surface area (TPSA) is 84.3 Å². The molecule has 1 aliphatic carbocycles. The third-order valence-electron chi connectivity index (χ3n) is 7.02. The van der Waals surface area contributed by atoms with E-state index in [1.54, 1.807) is 18.7 Å². The van der Waals surface area contributed by atoms with E-state index in [9.17, 15) is 14.4 Å². The number of thiophene rings is 1. The van der Waals surface area contributed by atoms with E-state index in [2.05, 4.69) is 5.32 Å². The van der Waals surface area contributed by atoms with Crippen molar-refractivity contribution in [3.05, 3.63) is 55.6 Å². The molecule has 0 radical (unpaired) electrons. The van der Waals surface area contributed by atoms with Gasteiger partial charge in [0.2, 0.25) is 5.91 Å². The Morgan fingerprint density at radius 2 is 1.89 bits per heavy atom. The lowest BCUT2D eigenvalue weighted by atomic mass is 9.95. The molecule has 0 saturated heterocycles. The van der Waals surface area contributed by atoms with Crippen molar-refractivity contribution < 1.29 is 9.59 Å². The van der Waals surface area contributed by atoms with Gasteiger partial charge in [-0.1, -0.05) is 61.7 Å². The summed E-state index contributed by atoms with van der Waals surface area (Å²) in [7, 11) is 3.39. The molecule has 1 saturated carbocycles. The van der Waals surface area contributed by atoms with Crippen LogP contribution in [-0.4, -0.2) is 51.7 Å². The normalized spacial score (nSPS) is 15.0. The smallest absolute Gasteiger partial charge is 0.263 e. The average molecular weight is 575 g/mol. The molecule has 1 atom stereocenters. The molecule has 7 nitrogen and oxygen atoms in total. The van der Waals surface area contributed by atoms with Gasteiger partial charge in [-0.15, -0.1) is 11.3 Å². The molecule has 0 bridgehead atoms. The number of fused-ring (bicyclic) bond motifs is 1. The van der Waals surface area contributed by atoms with Crippen LogP contribution >= 0.6 is 34.7 Å². The number of thioether (sulfide) groups is 1. The van der Waals surface area contributed by atoms with Gasteiger partial charge in [0.15, 0.2) is 5.16 Å². The number of nitrogens with zero attached hydrogens (tertiary/aromatic N) is 3. The summed E-state index contributed by atoms with van der Waals surface area (Å²) < 4.78 is 1.67. The number of halogens is 1. The molecule has 2 heterocycles. The highest BCUT2D eigenvalue weighted by Crippen LogP contribution is 2.32. The third kappa shape index (κ3) is 6.43. The van der Waals surface area contributed by atoms with Crippen LogP contribution in [0.4, 0.5) is 0 Å². The summed E-state index contributed by atoms with van der Waals surface area (Å²) in [5, 5.41) is 4.50. The zero-order valence-corrected chi connectivity index (χ0v) is 24.8. The fourth-order valence-electron chi connectivity index (χ4n) is 4.77. The van der Waals surface area contributed by atoms with Crippen LogP contribution in [0.5, 0.6) is 0 Å². The van der Waals surface area contributed by atoms with Crippen molar-refractivity contribution in [3.63, 3.8) is 0 Å². The number of aromatic nitrogens is 2. The molecular formula is C28H35ClN4O3S2. The fraction of sp³-hybridized carbons (Fsp3) is 0.500. The van der Waals surface area contributed by atoms with E-state index in [-0.39, 0.29) is 28.7 Å². The highest BCUT2D eigenvalue weighted by atomic mass is 35.5. The number of carbonyl (C=O) groups is 2. The van der Waals surface area contributed by atoms with Gasteiger partial charge < -0.3 is 10.2 Å². The second-order valence-corrected chi connectivity index (χ2v) is 12.6. The van der Waals surface area contributed by atoms with E-state index in [1.165, 1.54) is 34.4 Å². The highest BCUT2D eigenvalue weighted by molar-refractivity contribution is 8.00. The lowest BCUT2D eigenvalue weighted by Gasteiger charge is -2.25. The van der Waals surface area contributed by atoms with Crippen LogP contribution < -0.4 is 10.9 Å². The first-order valence-electron chi connectivity index (χ1n) is 13.2. The summed E-state index contributed by atoms with van der Waals surface area (Å²) in [5.41, 5.74) is 1.52. The van der Waals surface area contributed by atoms with Crippen molar-refractivity contribution >= 4 is 56.7 Å². The van der Waals surface area contributed by atoms with Gasteiger partial charge in [-0.05, 0) is 55.9 Å². The van der Waals surface area contributed by atoms with E-state index in [4.69, 9.17) is 16.6 Å². The first-order chi connectivity index (χ1) is 18.2. The molecule has 0 aliphatic heterocycles. The zero-order chi connectivity index (χ0) is 27.4. The van der Waals surface area contributed by atoms with Gasteiger partial charge in [-0.2, -0.15) is 0 Å². The molecular weight excluding hydrogens is 540 g/mol. The number of carbonyl (C=O) groups excluding carboxylic acids is 2. The number of amides is 2. The molecule has 4 rings (SSSR count). The number of hydrogen-bond donors (Lipinski definition) is 1. The number of rotatable bonds is 9. The summed E-state index contributed by atoms with van der Waals surface area (Å²) in [6, 6.07) is 7.78. The molecule has 1 aromatic carbocycles. The molecule has 1 N–H and O–H groups in total. The minimum Gasteiger partial charge on any atom is -0.352 e. The van der Waals surface area contributed by atoms with E-state index >= 15 is 0 Å². The molecule has 1 unspecified atom stereocenters. The van der Waals surface area contributed by atoms with E-state index in [1.807, 2.05) is 38.1 Å². The van der Waals surface area contributed by atoms with Crippen molar-refractivity contribution in [1.82, 2.24) is 19.8 Å². The molecule has 204 valence electrons. The van der Waals surface area contributed by atoms with Crippen molar-refractivity contribution in [2.45, 2.75) is 81.8 Å². The maximum Gasteiger partial charge on any atom is 0.263 e. The molecule has 2 aromatic heterocycles. The summed E-state index contributed by atoms with van der Waals surface area (Å²) >= 11 is 8.63. The number of aryl methyl sites for hydroxylation is 2. The molecule has 10 heteroatoms. The summed E-state index contributed by atoms with van der Waals surface area (Å²) in [5.74, 6) is -0.154. The SMILES string of the molecule is CCC(Sc1nc2sc(C(=O)N(C)C)c(C)c2c(=O)n1CCc1ccc(Cl)cc1)C(=O)NC1CCCCC1. The van der Waals surface area contributed by atoms with Gasteiger partial charge in [-0.3, -0.25) is 19.0 Å². The van der Waals surface area contributed by atoms with Crippen LogP contribution in [0.3, 0.4) is 0 Å². The Morgan fingerprint density at radius 3 is 2.53 bits per heavy atom. The Labute approximate surface area is 237 Å². The quantitative estimate of drug-likeness (QED) is 0.262. The minimum absolute atomic E-state index is 0.00571. The Bertz CT molecular complexity index is 1360. The Morgan fingerprint density at radius 1 is 1.21 bits per heavy atom. The van der Waals surface area contributed by atoms with Gasteiger partial charge in [0, 0.05) is 31.7 Å². The van der Waals surface area contributed by atoms with Crippen LogP contribution in [0.25, 0.3) is 10.2 Å². The fourth-order valence-corrected chi connectivity index (χ4v) is 7.19. The van der Waals surface area contributed by atoms with Gasteiger partial charge in [0.05, 0.1) is 15.5 Å². The molecule has 38 heavy (non-hydrogen) atoms. The van der Waals surface area contributed by atoms with Gasteiger partial charge >= 0.3 is 0 Å². The van der Waals surface area contributed by atoms with Crippen LogP contribution in [0, 0.1) is 6.92 Å². The Kier molecular flexibility index (Phi) is 9.54. The number of nitrogens with one attached hydrogen (secondary N) is 1. The third-order valence-corrected chi connectivity index (χ3v) is 9.80. The van der Waals surface area contributed by atoms with Gasteiger partial charge in [-0.25, -0.2) is 4.98 Å². The molecule has 2 amide bonds. The van der Waals surface area contributed by atoms with Crippen molar-refractivity contribution in [3.8, 4) is 0 Å². The maximum absolute atomic E-state index is 13.9. The molecule has 1 fully saturated rings. The minimum atomic E-state index is -0.369. The summed E-state index contributed by atoms with van der Waals surface area (Å²) in [6.07, 6.45) is 6.75. The summed E-state index contributed by atoms with van der Waals surface area (Å²) in [6.45, 7) is 4.19. The van der Waals surface area contributed by atoms with Crippen LogP contribution in [-0.2, 0) is 17.8 Å². The predicted octanol–water partition coefficient (Wildman–Crippen LogP) is 5.68. The first-order valence-corrected chi connectivity index (χ1v) is 15.2. The number of benzene rings is 1. The lowest BCUT2D eigenvalue weighted by molar-refractivity contribution is -0.121. The lowest BCUT2D eigenvalue weighted by Crippen LogP contribution is -2.41. The molecule has 3 aromatic rings. The highest BCUT2D eigenvalue weighted by Gasteiger charge is 2.27. The summed E-state index contributed by atoms with van der Waals surface area (Å²) in [4.78, 5) is 47.3. The first kappa shape index (κ1) is 28.6. The van der Waals surface area contributed by atoms with Gasteiger partial charge in [0.25, 0.3) is 11.5 Å². The van der Waals surface area contributed by atoms with Crippen LogP contribution in [0.15, 0.2) is 34.2 Å².